The van der Waals surface area contributed by atoms with Crippen molar-refractivity contribution in [3.8, 4) is 0 Å². The summed E-state index contributed by atoms with van der Waals surface area (Å²) in [5.74, 6) is 0. The molecule has 4 nitrogen and oxygen atoms in total. The van der Waals surface area contributed by atoms with E-state index in [2.05, 4.69) is 32.1 Å². The molecule has 5 heteroatoms. The highest BCUT2D eigenvalue weighted by Gasteiger charge is 2.06. The molecule has 0 fully saturated rings. The zero-order valence-corrected chi connectivity index (χ0v) is 11.1. The van der Waals surface area contributed by atoms with Crippen molar-refractivity contribution in [3.05, 3.63) is 58.5 Å². The zero-order chi connectivity index (χ0) is 12.5. The molecule has 90 valence electrons. The first-order valence-corrected chi connectivity index (χ1v) is 6.35. The van der Waals surface area contributed by atoms with Gasteiger partial charge in [-0.2, -0.15) is 5.10 Å². The highest BCUT2D eigenvalue weighted by molar-refractivity contribution is 9.10. The molecule has 0 saturated heterocycles. The molecule has 0 radical (unpaired) electrons. The molecule has 0 aliphatic rings. The van der Waals surface area contributed by atoms with Crippen molar-refractivity contribution < 1.29 is 0 Å². The molecule has 0 aliphatic carbocycles. The van der Waals surface area contributed by atoms with E-state index >= 15 is 0 Å². The molecule has 0 bridgehead atoms. The first kappa shape index (κ1) is 11.2. The van der Waals surface area contributed by atoms with E-state index in [9.17, 15) is 0 Å². The third-order valence-corrected chi connectivity index (χ3v) is 3.49. The van der Waals surface area contributed by atoms with Crippen LogP contribution < -0.4 is 5.73 Å². The van der Waals surface area contributed by atoms with E-state index in [1.54, 1.807) is 16.9 Å². The second-order valence-electron chi connectivity index (χ2n) is 4.09. The SMILES string of the molecule is Nc1cnc2cc(Cc3ccccc3Br)nn2c1. The van der Waals surface area contributed by atoms with Crippen molar-refractivity contribution in [2.24, 2.45) is 0 Å². The maximum Gasteiger partial charge on any atom is 0.155 e. The minimum Gasteiger partial charge on any atom is -0.396 e. The predicted octanol–water partition coefficient (Wildman–Crippen LogP) is 2.66. The van der Waals surface area contributed by atoms with Crippen LogP contribution in [0.3, 0.4) is 0 Å². The Balaban J connectivity index is 1.98. The predicted molar refractivity (Wildman–Crippen MR) is 74.3 cm³/mol. The van der Waals surface area contributed by atoms with Crippen LogP contribution in [0.2, 0.25) is 0 Å². The normalized spacial score (nSPS) is 10.9. The number of nitrogen functional groups attached to an aromatic ring is 1. The average molecular weight is 303 g/mol. The Hall–Kier alpha value is -1.88. The van der Waals surface area contributed by atoms with Crippen molar-refractivity contribution in [2.45, 2.75) is 6.42 Å². The first-order valence-electron chi connectivity index (χ1n) is 5.55. The summed E-state index contributed by atoms with van der Waals surface area (Å²) in [4.78, 5) is 4.23. The molecule has 0 amide bonds. The van der Waals surface area contributed by atoms with Crippen molar-refractivity contribution in [1.29, 1.82) is 0 Å². The molecule has 3 aromatic rings. The van der Waals surface area contributed by atoms with Crippen LogP contribution in [0.15, 0.2) is 47.2 Å². The maximum absolute atomic E-state index is 5.68. The lowest BCUT2D eigenvalue weighted by Gasteiger charge is -2.00. The number of rotatable bonds is 2. The van der Waals surface area contributed by atoms with E-state index < -0.39 is 0 Å². The lowest BCUT2D eigenvalue weighted by Crippen LogP contribution is -1.95. The van der Waals surface area contributed by atoms with Crippen LogP contribution in [-0.4, -0.2) is 14.6 Å². The largest absolute Gasteiger partial charge is 0.396 e. The van der Waals surface area contributed by atoms with Gasteiger partial charge in [-0.15, -0.1) is 0 Å². The summed E-state index contributed by atoms with van der Waals surface area (Å²) in [5, 5.41) is 4.46. The number of fused-ring (bicyclic) bond motifs is 1. The number of nitrogens with two attached hydrogens (primary N) is 1. The number of anilines is 1. The standard InChI is InChI=1S/C13H11BrN4/c14-12-4-2-1-3-9(12)5-11-6-13-16-7-10(15)8-18(13)17-11/h1-4,6-8H,5,15H2. The minimum absolute atomic E-state index is 0.609. The number of halogens is 1. The van der Waals surface area contributed by atoms with Gasteiger partial charge >= 0.3 is 0 Å². The fraction of sp³-hybridized carbons (Fsp3) is 0.0769. The highest BCUT2D eigenvalue weighted by atomic mass is 79.9. The fourth-order valence-electron chi connectivity index (χ4n) is 1.86. The van der Waals surface area contributed by atoms with Gasteiger partial charge in [-0.05, 0) is 11.6 Å². The average Bonchev–Trinajstić information content (AvgIpc) is 2.73. The van der Waals surface area contributed by atoms with Crippen molar-refractivity contribution in [1.82, 2.24) is 14.6 Å². The molecule has 0 spiro atoms. The summed E-state index contributed by atoms with van der Waals surface area (Å²) in [6, 6.07) is 10.1. The summed E-state index contributed by atoms with van der Waals surface area (Å²) in [5.41, 5.74) is 9.27. The molecule has 0 unspecified atom stereocenters. The number of benzene rings is 1. The van der Waals surface area contributed by atoms with Crippen LogP contribution in [0.4, 0.5) is 5.69 Å². The smallest absolute Gasteiger partial charge is 0.155 e. The van der Waals surface area contributed by atoms with Gasteiger partial charge in [0.2, 0.25) is 0 Å². The number of nitrogens with zero attached hydrogens (tertiary/aromatic N) is 3. The lowest BCUT2D eigenvalue weighted by molar-refractivity contribution is 0.897. The summed E-state index contributed by atoms with van der Waals surface area (Å²) in [6.45, 7) is 0. The summed E-state index contributed by atoms with van der Waals surface area (Å²) in [6.07, 6.45) is 4.18. The Labute approximate surface area is 113 Å². The van der Waals surface area contributed by atoms with Crippen molar-refractivity contribution in [3.63, 3.8) is 0 Å². The van der Waals surface area contributed by atoms with E-state index in [1.807, 2.05) is 24.3 Å². The van der Waals surface area contributed by atoms with Gasteiger partial charge in [0.25, 0.3) is 0 Å². The molecule has 2 heterocycles. The topological polar surface area (TPSA) is 56.2 Å². The van der Waals surface area contributed by atoms with Crippen molar-refractivity contribution in [2.75, 3.05) is 5.73 Å². The molecule has 2 aromatic heterocycles. The Kier molecular flexibility index (Phi) is 2.76. The Morgan fingerprint density at radius 1 is 1.28 bits per heavy atom. The highest BCUT2D eigenvalue weighted by Crippen LogP contribution is 2.19. The molecule has 2 N–H and O–H groups in total. The second-order valence-corrected chi connectivity index (χ2v) is 4.95. The van der Waals surface area contributed by atoms with Crippen LogP contribution in [-0.2, 0) is 6.42 Å². The molecular formula is C13H11BrN4. The van der Waals surface area contributed by atoms with Gasteiger partial charge in [-0.25, -0.2) is 9.50 Å². The maximum atomic E-state index is 5.68. The van der Waals surface area contributed by atoms with Gasteiger partial charge in [0, 0.05) is 17.0 Å². The van der Waals surface area contributed by atoms with E-state index in [1.165, 1.54) is 5.56 Å². The Bertz CT molecular complexity index is 705. The van der Waals surface area contributed by atoms with E-state index in [4.69, 9.17) is 5.73 Å². The van der Waals surface area contributed by atoms with Crippen LogP contribution in [0, 0.1) is 0 Å². The molecule has 3 rings (SSSR count). The molecule has 0 saturated carbocycles. The molecule has 18 heavy (non-hydrogen) atoms. The first-order chi connectivity index (χ1) is 8.72. The summed E-state index contributed by atoms with van der Waals surface area (Å²) >= 11 is 3.54. The zero-order valence-electron chi connectivity index (χ0n) is 9.55. The number of aromatic nitrogens is 3. The van der Waals surface area contributed by atoms with Crippen molar-refractivity contribution >= 4 is 27.3 Å². The lowest BCUT2D eigenvalue weighted by atomic mass is 10.1. The Morgan fingerprint density at radius 3 is 2.94 bits per heavy atom. The Morgan fingerprint density at radius 2 is 2.11 bits per heavy atom. The van der Waals surface area contributed by atoms with Crippen LogP contribution in [0.5, 0.6) is 0 Å². The van der Waals surface area contributed by atoms with Gasteiger partial charge in [0.15, 0.2) is 5.65 Å². The molecule has 0 atom stereocenters. The molecule has 1 aromatic carbocycles. The van der Waals surface area contributed by atoms with E-state index in [0.29, 0.717) is 5.69 Å². The van der Waals surface area contributed by atoms with Gasteiger partial charge in [-0.1, -0.05) is 34.1 Å². The van der Waals surface area contributed by atoms with Crippen LogP contribution in [0.1, 0.15) is 11.3 Å². The number of hydrogen-bond donors (Lipinski definition) is 1. The third-order valence-electron chi connectivity index (χ3n) is 2.71. The van der Waals surface area contributed by atoms with Gasteiger partial charge in [0.05, 0.1) is 23.8 Å². The molecular weight excluding hydrogens is 292 g/mol. The van der Waals surface area contributed by atoms with E-state index in [0.717, 1.165) is 22.2 Å². The third kappa shape index (κ3) is 2.09. The minimum atomic E-state index is 0.609. The van der Waals surface area contributed by atoms with E-state index in [-0.39, 0.29) is 0 Å². The van der Waals surface area contributed by atoms with Gasteiger partial charge < -0.3 is 5.73 Å². The quantitative estimate of drug-likeness (QED) is 0.792. The second kappa shape index (κ2) is 4.42. The van der Waals surface area contributed by atoms with Crippen LogP contribution >= 0.6 is 15.9 Å². The number of hydrogen-bond acceptors (Lipinski definition) is 3. The van der Waals surface area contributed by atoms with Gasteiger partial charge in [-0.3, -0.25) is 0 Å². The summed E-state index contributed by atoms with van der Waals surface area (Å²) in [7, 11) is 0. The van der Waals surface area contributed by atoms with Crippen LogP contribution in [0.25, 0.3) is 5.65 Å². The summed E-state index contributed by atoms with van der Waals surface area (Å²) < 4.78 is 2.80. The molecule has 0 aliphatic heterocycles. The monoisotopic (exact) mass is 302 g/mol. The van der Waals surface area contributed by atoms with Gasteiger partial charge in [0.1, 0.15) is 0 Å². The fourth-order valence-corrected chi connectivity index (χ4v) is 2.29.